The first-order valence-electron chi connectivity index (χ1n) is 21.1. The van der Waals surface area contributed by atoms with Crippen LogP contribution in [0.3, 0.4) is 0 Å². The van der Waals surface area contributed by atoms with Crippen molar-refractivity contribution in [3.05, 3.63) is 22.3 Å². The SMILES string of the molecule is CCCN1CCNCCN(CC#COCC)CCN(CCNC(=O)CCC2C=CC(OCOC(COC(C)=O)C(OC(C)=O)C(COC(C)=O)OC(C)=O)C([N+](=O)[O-])C2)CC1. The van der Waals surface area contributed by atoms with Gasteiger partial charge < -0.3 is 48.7 Å². The van der Waals surface area contributed by atoms with Crippen LogP contribution in [0.15, 0.2) is 12.2 Å². The quantitative estimate of drug-likeness (QED) is 0.0275. The molecule has 1 heterocycles. The highest BCUT2D eigenvalue weighted by atomic mass is 16.7. The molecule has 20 heteroatoms. The van der Waals surface area contributed by atoms with Crippen LogP contribution in [0.1, 0.15) is 67.2 Å². The summed E-state index contributed by atoms with van der Waals surface area (Å²) in [5.41, 5.74) is 0. The normalized spacial score (nSPS) is 20.9. The van der Waals surface area contributed by atoms with Gasteiger partial charge in [0.15, 0.2) is 12.2 Å². The Morgan fingerprint density at radius 1 is 0.836 bits per heavy atom. The molecular weight excluding hydrogens is 800 g/mol. The first-order valence-corrected chi connectivity index (χ1v) is 21.1. The maximum absolute atomic E-state index is 13.0. The van der Waals surface area contributed by atoms with Gasteiger partial charge in [0.05, 0.1) is 13.2 Å². The number of allylic oxidation sites excluding steroid dienone is 1. The minimum atomic E-state index is -1.43. The Kier molecular flexibility index (Phi) is 26.5. The van der Waals surface area contributed by atoms with E-state index in [0.717, 1.165) is 93.0 Å². The second kappa shape index (κ2) is 30.6. The maximum atomic E-state index is 13.0. The van der Waals surface area contributed by atoms with Crippen molar-refractivity contribution >= 4 is 29.8 Å². The van der Waals surface area contributed by atoms with Crippen molar-refractivity contribution in [3.8, 4) is 12.0 Å². The van der Waals surface area contributed by atoms with Crippen LogP contribution in [0.2, 0.25) is 0 Å². The van der Waals surface area contributed by atoms with Crippen LogP contribution in [-0.4, -0.2) is 185 Å². The Balaban J connectivity index is 2.00. The molecule has 0 aromatic heterocycles. The van der Waals surface area contributed by atoms with E-state index in [9.17, 15) is 34.1 Å². The van der Waals surface area contributed by atoms with E-state index in [1.54, 1.807) is 12.2 Å². The van der Waals surface area contributed by atoms with E-state index in [1.165, 1.54) is 0 Å². The molecule has 2 aliphatic rings. The van der Waals surface area contributed by atoms with Gasteiger partial charge in [0.2, 0.25) is 11.9 Å². The van der Waals surface area contributed by atoms with Gasteiger partial charge in [-0.25, -0.2) is 0 Å². The molecule has 346 valence electrons. The zero-order valence-electron chi connectivity index (χ0n) is 36.8. The van der Waals surface area contributed by atoms with Crippen molar-refractivity contribution in [1.29, 1.82) is 0 Å². The Labute approximate surface area is 359 Å². The van der Waals surface area contributed by atoms with Crippen LogP contribution in [0, 0.1) is 28.1 Å². The van der Waals surface area contributed by atoms with Gasteiger partial charge >= 0.3 is 23.9 Å². The lowest BCUT2D eigenvalue weighted by Gasteiger charge is -2.32. The zero-order chi connectivity index (χ0) is 45.0. The number of hydrogen-bond donors (Lipinski definition) is 2. The van der Waals surface area contributed by atoms with Crippen molar-refractivity contribution in [3.63, 3.8) is 0 Å². The van der Waals surface area contributed by atoms with Crippen molar-refractivity contribution in [2.45, 2.75) is 97.7 Å². The summed E-state index contributed by atoms with van der Waals surface area (Å²) in [6.45, 7) is 17.3. The number of amides is 1. The van der Waals surface area contributed by atoms with Crippen molar-refractivity contribution in [1.82, 2.24) is 25.3 Å². The number of hydrogen-bond acceptors (Lipinski definition) is 18. The second-order valence-electron chi connectivity index (χ2n) is 14.8. The van der Waals surface area contributed by atoms with Crippen LogP contribution >= 0.6 is 0 Å². The third-order valence-corrected chi connectivity index (χ3v) is 9.86. The topological polar surface area (TPSA) is 227 Å². The summed E-state index contributed by atoms with van der Waals surface area (Å²) < 4.78 is 37.5. The summed E-state index contributed by atoms with van der Waals surface area (Å²) in [6.07, 6.45) is 2.73. The smallest absolute Gasteiger partial charge is 0.303 e. The first kappa shape index (κ1) is 52.7. The molecule has 2 rings (SSSR count). The van der Waals surface area contributed by atoms with Gasteiger partial charge in [0.25, 0.3) is 0 Å². The van der Waals surface area contributed by atoms with Gasteiger partial charge in [-0.3, -0.25) is 43.9 Å². The highest BCUT2D eigenvalue weighted by molar-refractivity contribution is 5.75. The molecule has 0 bridgehead atoms. The Hall–Kier alpha value is -4.39. The molecule has 6 atom stereocenters. The molecule has 0 spiro atoms. The van der Waals surface area contributed by atoms with Crippen molar-refractivity contribution in [2.24, 2.45) is 5.92 Å². The van der Waals surface area contributed by atoms with E-state index < -0.39 is 79.3 Å². The predicted molar refractivity (Wildman–Crippen MR) is 221 cm³/mol. The Morgan fingerprint density at radius 2 is 1.46 bits per heavy atom. The van der Waals surface area contributed by atoms with E-state index in [2.05, 4.69) is 44.3 Å². The van der Waals surface area contributed by atoms with E-state index in [4.69, 9.17) is 33.2 Å². The second-order valence-corrected chi connectivity index (χ2v) is 14.8. The molecule has 2 N–H and O–H groups in total. The molecule has 6 unspecified atom stereocenters. The fourth-order valence-corrected chi connectivity index (χ4v) is 6.79. The third-order valence-electron chi connectivity index (χ3n) is 9.86. The van der Waals surface area contributed by atoms with Gasteiger partial charge in [-0.05, 0) is 38.1 Å². The van der Waals surface area contributed by atoms with Crippen molar-refractivity contribution < 1.29 is 62.1 Å². The molecule has 1 aliphatic heterocycles. The Morgan fingerprint density at radius 3 is 2.07 bits per heavy atom. The Bertz CT molecular complexity index is 1460. The van der Waals surface area contributed by atoms with Gasteiger partial charge in [-0.15, -0.1) is 0 Å². The number of carbonyl (C=O) groups excluding carboxylic acids is 5. The lowest BCUT2D eigenvalue weighted by molar-refractivity contribution is -0.536. The number of nitro groups is 1. The van der Waals surface area contributed by atoms with Crippen LogP contribution in [0.25, 0.3) is 0 Å². The summed E-state index contributed by atoms with van der Waals surface area (Å²) in [5.74, 6) is -0.288. The number of ether oxygens (including phenoxy) is 7. The first-order chi connectivity index (χ1) is 29.2. The zero-order valence-corrected chi connectivity index (χ0v) is 36.8. The average Bonchev–Trinajstić information content (AvgIpc) is 3.20. The van der Waals surface area contributed by atoms with Gasteiger partial charge in [-0.1, -0.05) is 19.1 Å². The molecule has 1 amide bonds. The molecular formula is C41H68N6O14. The van der Waals surface area contributed by atoms with Gasteiger partial charge in [0.1, 0.15) is 38.3 Å². The molecule has 0 aromatic carbocycles. The predicted octanol–water partition coefficient (Wildman–Crippen LogP) is 0.738. The van der Waals surface area contributed by atoms with E-state index in [0.29, 0.717) is 32.7 Å². The molecule has 1 aliphatic carbocycles. The summed E-state index contributed by atoms with van der Waals surface area (Å²) in [5, 5.41) is 18.8. The monoisotopic (exact) mass is 868 g/mol. The van der Waals surface area contributed by atoms with Crippen LogP contribution < -0.4 is 10.6 Å². The highest BCUT2D eigenvalue weighted by Crippen LogP contribution is 2.26. The van der Waals surface area contributed by atoms with E-state index in [-0.39, 0.29) is 24.7 Å². The van der Waals surface area contributed by atoms with Crippen LogP contribution in [0.4, 0.5) is 0 Å². The molecule has 0 saturated carbocycles. The number of carbonyl (C=O) groups is 5. The lowest BCUT2D eigenvalue weighted by atomic mass is 9.87. The summed E-state index contributed by atoms with van der Waals surface area (Å²) >= 11 is 0. The lowest BCUT2D eigenvalue weighted by Crippen LogP contribution is -2.49. The number of nitrogens with one attached hydrogen (secondary N) is 2. The maximum Gasteiger partial charge on any atom is 0.303 e. The van der Waals surface area contributed by atoms with E-state index >= 15 is 0 Å². The van der Waals surface area contributed by atoms with Crippen LogP contribution in [0.5, 0.6) is 0 Å². The number of nitrogens with zero attached hydrogens (tertiary/aromatic N) is 4. The van der Waals surface area contributed by atoms with Gasteiger partial charge in [0, 0.05) is 111 Å². The third kappa shape index (κ3) is 23.4. The molecule has 1 fully saturated rings. The number of esters is 4. The van der Waals surface area contributed by atoms with E-state index in [1.807, 2.05) is 6.92 Å². The molecule has 20 nitrogen and oxygen atoms in total. The highest BCUT2D eigenvalue weighted by Gasteiger charge is 2.39. The summed E-state index contributed by atoms with van der Waals surface area (Å²) in [6, 6.07) is -1.17. The average molecular weight is 869 g/mol. The summed E-state index contributed by atoms with van der Waals surface area (Å²) in [4.78, 5) is 79.0. The van der Waals surface area contributed by atoms with Crippen molar-refractivity contribution in [2.75, 3.05) is 105 Å². The standard InChI is InChI=1S/C41H68N6O14/c1-7-17-44-19-14-42-15-20-45(18-9-26-55-8-2)23-25-46(24-22-44)21-16-43-40(52)13-11-35-10-12-37(36(27-35)47(53)54)58-30-59-38(28-56-31(3)48)41(61-34(6)51)39(60-33(5)50)29-57-32(4)49/h10,12,35-39,41-42H,7-8,11,13-25,27-30H2,1-6H3,(H,43,52). The number of rotatable bonds is 23. The molecule has 0 radical (unpaired) electrons. The molecule has 0 aromatic rings. The molecule has 1 saturated heterocycles. The minimum absolute atomic E-state index is 0.105. The van der Waals surface area contributed by atoms with Gasteiger partial charge in [-0.2, -0.15) is 0 Å². The summed E-state index contributed by atoms with van der Waals surface area (Å²) in [7, 11) is 0. The minimum Gasteiger partial charge on any atom is -0.463 e. The molecule has 61 heavy (non-hydrogen) atoms. The fourth-order valence-electron chi connectivity index (χ4n) is 6.79. The fraction of sp³-hybridized carbons (Fsp3) is 0.780. The largest absolute Gasteiger partial charge is 0.463 e. The van der Waals surface area contributed by atoms with Crippen LogP contribution in [-0.2, 0) is 57.1 Å².